The molecule has 0 amide bonds. The van der Waals surface area contributed by atoms with Gasteiger partial charge >= 0.3 is 0 Å². The highest BCUT2D eigenvalue weighted by Gasteiger charge is 1.98. The Bertz CT molecular complexity index is 101. The van der Waals surface area contributed by atoms with Gasteiger partial charge in [-0.05, 0) is 25.7 Å². The molecule has 0 nitrogen and oxygen atoms in total. The fourth-order valence-electron chi connectivity index (χ4n) is 0.895. The summed E-state index contributed by atoms with van der Waals surface area (Å²) in [5.74, 6) is 0.784. The van der Waals surface area contributed by atoms with Crippen LogP contribution in [0.15, 0.2) is 11.6 Å². The highest BCUT2D eigenvalue weighted by Crippen LogP contribution is 2.13. The highest BCUT2D eigenvalue weighted by molar-refractivity contribution is 5.01. The minimum absolute atomic E-state index is 0.784. The molecule has 0 aromatic carbocycles. The minimum atomic E-state index is 0.784. The lowest BCUT2D eigenvalue weighted by Crippen LogP contribution is -1.92. The fourth-order valence-corrected chi connectivity index (χ4v) is 0.895. The molecule has 0 fully saturated rings. The molecule has 0 spiro atoms. The van der Waals surface area contributed by atoms with E-state index in [4.69, 9.17) is 0 Å². The van der Waals surface area contributed by atoms with Crippen LogP contribution in [0.5, 0.6) is 0 Å². The first-order chi connectivity index (χ1) is 4.72. The Morgan fingerprint density at radius 1 is 1.40 bits per heavy atom. The second-order valence-electron chi connectivity index (χ2n) is 3.05. The van der Waals surface area contributed by atoms with Crippen LogP contribution in [0.4, 0.5) is 0 Å². The SMILES string of the molecule is CCC/C=C(/C)C(C)CC. The third-order valence-electron chi connectivity index (χ3n) is 2.14. The van der Waals surface area contributed by atoms with E-state index in [1.165, 1.54) is 19.3 Å². The van der Waals surface area contributed by atoms with E-state index in [-0.39, 0.29) is 0 Å². The second-order valence-corrected chi connectivity index (χ2v) is 3.05. The molecule has 1 unspecified atom stereocenters. The molecule has 10 heavy (non-hydrogen) atoms. The molecule has 0 heterocycles. The third-order valence-corrected chi connectivity index (χ3v) is 2.14. The minimum Gasteiger partial charge on any atom is -0.0854 e. The largest absolute Gasteiger partial charge is 0.0854 e. The summed E-state index contributed by atoms with van der Waals surface area (Å²) in [5, 5.41) is 0. The van der Waals surface area contributed by atoms with Gasteiger partial charge in [-0.3, -0.25) is 0 Å². The molecule has 60 valence electrons. The topological polar surface area (TPSA) is 0 Å². The van der Waals surface area contributed by atoms with Crippen LogP contribution in [0.3, 0.4) is 0 Å². The zero-order valence-electron chi connectivity index (χ0n) is 7.78. The van der Waals surface area contributed by atoms with Gasteiger partial charge in [0, 0.05) is 0 Å². The maximum atomic E-state index is 2.37. The van der Waals surface area contributed by atoms with Gasteiger partial charge in [0.2, 0.25) is 0 Å². The number of hydrogen-bond donors (Lipinski definition) is 0. The maximum absolute atomic E-state index is 2.37. The lowest BCUT2D eigenvalue weighted by molar-refractivity contribution is 0.650. The molecular formula is C10H20. The van der Waals surface area contributed by atoms with Gasteiger partial charge in [-0.2, -0.15) is 0 Å². The Balaban J connectivity index is 3.67. The van der Waals surface area contributed by atoms with Crippen molar-refractivity contribution in [1.82, 2.24) is 0 Å². The predicted molar refractivity (Wildman–Crippen MR) is 48.1 cm³/mol. The molecule has 0 saturated carbocycles. The molecule has 0 aliphatic heterocycles. The molecule has 0 aromatic heterocycles. The highest BCUT2D eigenvalue weighted by atomic mass is 14.0. The summed E-state index contributed by atoms with van der Waals surface area (Å²) in [6, 6.07) is 0. The Morgan fingerprint density at radius 2 is 2.00 bits per heavy atom. The van der Waals surface area contributed by atoms with Crippen molar-refractivity contribution in [3.05, 3.63) is 11.6 Å². The standard InChI is InChI=1S/C10H20/c1-5-7-8-10(4)9(3)6-2/h8-9H,5-7H2,1-4H3/b10-8-. The average molecular weight is 140 g/mol. The smallest absolute Gasteiger partial charge is 0.0237 e. The van der Waals surface area contributed by atoms with Crippen molar-refractivity contribution in [2.75, 3.05) is 0 Å². The van der Waals surface area contributed by atoms with Crippen molar-refractivity contribution in [3.63, 3.8) is 0 Å². The Morgan fingerprint density at radius 3 is 2.40 bits per heavy atom. The number of rotatable bonds is 4. The summed E-state index contributed by atoms with van der Waals surface area (Å²) in [5.41, 5.74) is 1.56. The molecule has 0 radical (unpaired) electrons. The van der Waals surface area contributed by atoms with Crippen LogP contribution < -0.4 is 0 Å². The van der Waals surface area contributed by atoms with Crippen molar-refractivity contribution >= 4 is 0 Å². The molecule has 0 aliphatic rings. The van der Waals surface area contributed by atoms with Crippen molar-refractivity contribution in [1.29, 1.82) is 0 Å². The van der Waals surface area contributed by atoms with Crippen molar-refractivity contribution in [2.45, 2.75) is 47.0 Å². The van der Waals surface area contributed by atoms with Gasteiger partial charge in [0.05, 0.1) is 0 Å². The molecule has 0 rings (SSSR count). The van der Waals surface area contributed by atoms with Gasteiger partial charge in [-0.15, -0.1) is 0 Å². The summed E-state index contributed by atoms with van der Waals surface area (Å²) >= 11 is 0. The summed E-state index contributed by atoms with van der Waals surface area (Å²) in [6.45, 7) is 9.00. The van der Waals surface area contributed by atoms with Gasteiger partial charge in [-0.25, -0.2) is 0 Å². The van der Waals surface area contributed by atoms with Crippen LogP contribution in [-0.2, 0) is 0 Å². The first kappa shape index (κ1) is 9.74. The van der Waals surface area contributed by atoms with E-state index in [0.717, 1.165) is 5.92 Å². The molecule has 1 atom stereocenters. The number of allylic oxidation sites excluding steroid dienone is 2. The lowest BCUT2D eigenvalue weighted by Gasteiger charge is -2.07. The summed E-state index contributed by atoms with van der Waals surface area (Å²) in [7, 11) is 0. The molecular weight excluding hydrogens is 120 g/mol. The van der Waals surface area contributed by atoms with E-state index in [9.17, 15) is 0 Å². The van der Waals surface area contributed by atoms with Crippen molar-refractivity contribution < 1.29 is 0 Å². The van der Waals surface area contributed by atoms with Gasteiger partial charge in [0.25, 0.3) is 0 Å². The van der Waals surface area contributed by atoms with Crippen LogP contribution in [-0.4, -0.2) is 0 Å². The van der Waals surface area contributed by atoms with Gasteiger partial charge in [0.15, 0.2) is 0 Å². The van der Waals surface area contributed by atoms with Crippen molar-refractivity contribution in [2.24, 2.45) is 5.92 Å². The van der Waals surface area contributed by atoms with E-state index < -0.39 is 0 Å². The third kappa shape index (κ3) is 3.71. The van der Waals surface area contributed by atoms with Gasteiger partial charge in [0.1, 0.15) is 0 Å². The van der Waals surface area contributed by atoms with E-state index in [2.05, 4.69) is 33.8 Å². The zero-order chi connectivity index (χ0) is 7.98. The van der Waals surface area contributed by atoms with E-state index in [1.54, 1.807) is 5.57 Å². The average Bonchev–Trinajstić information content (AvgIpc) is 1.98. The number of unbranched alkanes of at least 4 members (excludes halogenated alkanes) is 1. The predicted octanol–water partition coefficient (Wildman–Crippen LogP) is 3.78. The van der Waals surface area contributed by atoms with Gasteiger partial charge < -0.3 is 0 Å². The summed E-state index contributed by atoms with van der Waals surface area (Å²) in [4.78, 5) is 0. The molecule has 0 heteroatoms. The maximum Gasteiger partial charge on any atom is -0.0237 e. The second kappa shape index (κ2) is 5.52. The Labute approximate surface area is 65.3 Å². The monoisotopic (exact) mass is 140 g/mol. The van der Waals surface area contributed by atoms with Crippen LogP contribution in [0.25, 0.3) is 0 Å². The first-order valence-electron chi connectivity index (χ1n) is 4.39. The molecule has 0 saturated heterocycles. The summed E-state index contributed by atoms with van der Waals surface area (Å²) < 4.78 is 0. The Kier molecular flexibility index (Phi) is 5.38. The molecule has 0 N–H and O–H groups in total. The van der Waals surface area contributed by atoms with Crippen LogP contribution in [0, 0.1) is 5.92 Å². The van der Waals surface area contributed by atoms with E-state index >= 15 is 0 Å². The van der Waals surface area contributed by atoms with E-state index in [1.807, 2.05) is 0 Å². The van der Waals surface area contributed by atoms with Crippen molar-refractivity contribution in [3.8, 4) is 0 Å². The first-order valence-corrected chi connectivity index (χ1v) is 4.39. The fraction of sp³-hybridized carbons (Fsp3) is 0.800. The quantitative estimate of drug-likeness (QED) is 0.521. The molecule has 0 aromatic rings. The lowest BCUT2D eigenvalue weighted by atomic mass is 9.99. The summed E-state index contributed by atoms with van der Waals surface area (Å²) in [6.07, 6.45) is 6.16. The molecule has 0 bridgehead atoms. The number of hydrogen-bond acceptors (Lipinski definition) is 0. The van der Waals surface area contributed by atoms with Crippen LogP contribution in [0.2, 0.25) is 0 Å². The van der Waals surface area contributed by atoms with Gasteiger partial charge in [-0.1, -0.05) is 38.8 Å². The Hall–Kier alpha value is -0.260. The zero-order valence-corrected chi connectivity index (χ0v) is 7.78. The molecule has 0 aliphatic carbocycles. The normalized spacial score (nSPS) is 15.4. The van der Waals surface area contributed by atoms with Crippen LogP contribution >= 0.6 is 0 Å². The van der Waals surface area contributed by atoms with Crippen LogP contribution in [0.1, 0.15) is 47.0 Å². The van der Waals surface area contributed by atoms with E-state index in [0.29, 0.717) is 0 Å².